The Kier molecular flexibility index (Phi) is 5.13. The molecule has 3 rings (SSSR count). The topological polar surface area (TPSA) is 59.1 Å². The summed E-state index contributed by atoms with van der Waals surface area (Å²) in [4.78, 5) is 8.41. The SMILES string of the molecule is CNc1nccc(NCc2cccc(Oc3ccccc3Cl)c2)n1. The van der Waals surface area contributed by atoms with Crippen LogP contribution in [0.3, 0.4) is 0 Å². The van der Waals surface area contributed by atoms with Crippen LogP contribution < -0.4 is 15.4 Å². The average molecular weight is 341 g/mol. The molecule has 1 heterocycles. The molecule has 6 heteroatoms. The van der Waals surface area contributed by atoms with Gasteiger partial charge in [0.05, 0.1) is 5.02 Å². The summed E-state index contributed by atoms with van der Waals surface area (Å²) in [7, 11) is 1.79. The summed E-state index contributed by atoms with van der Waals surface area (Å²) in [5.74, 6) is 2.71. The van der Waals surface area contributed by atoms with E-state index >= 15 is 0 Å². The van der Waals surface area contributed by atoms with Gasteiger partial charge in [-0.05, 0) is 35.9 Å². The van der Waals surface area contributed by atoms with Gasteiger partial charge in [0.15, 0.2) is 0 Å². The lowest BCUT2D eigenvalue weighted by atomic mass is 10.2. The Morgan fingerprint density at radius 2 is 1.96 bits per heavy atom. The van der Waals surface area contributed by atoms with Gasteiger partial charge in [0, 0.05) is 19.8 Å². The molecule has 0 saturated carbocycles. The molecule has 1 aromatic heterocycles. The van der Waals surface area contributed by atoms with E-state index in [1.807, 2.05) is 48.5 Å². The molecule has 2 aromatic carbocycles. The minimum atomic E-state index is 0.579. The maximum absolute atomic E-state index is 6.13. The van der Waals surface area contributed by atoms with E-state index in [1.165, 1.54) is 0 Å². The first-order valence-corrected chi connectivity index (χ1v) is 7.88. The molecule has 0 spiro atoms. The fourth-order valence-electron chi connectivity index (χ4n) is 2.14. The molecule has 0 unspecified atom stereocenters. The van der Waals surface area contributed by atoms with Crippen LogP contribution in [0.5, 0.6) is 11.5 Å². The number of nitrogens with zero attached hydrogens (tertiary/aromatic N) is 2. The van der Waals surface area contributed by atoms with Crippen LogP contribution in [0, 0.1) is 0 Å². The molecule has 0 bridgehead atoms. The lowest BCUT2D eigenvalue weighted by Gasteiger charge is -2.10. The molecule has 2 N–H and O–H groups in total. The van der Waals surface area contributed by atoms with Crippen LogP contribution >= 0.6 is 11.6 Å². The Morgan fingerprint density at radius 1 is 1.08 bits per heavy atom. The van der Waals surface area contributed by atoms with Crippen LogP contribution in [0.2, 0.25) is 5.02 Å². The molecule has 0 saturated heterocycles. The Labute approximate surface area is 145 Å². The highest BCUT2D eigenvalue weighted by molar-refractivity contribution is 6.32. The van der Waals surface area contributed by atoms with Gasteiger partial charge in [-0.15, -0.1) is 0 Å². The zero-order valence-corrected chi connectivity index (χ0v) is 13.9. The third-order valence-electron chi connectivity index (χ3n) is 3.32. The molecule has 0 atom stereocenters. The largest absolute Gasteiger partial charge is 0.456 e. The van der Waals surface area contributed by atoms with Gasteiger partial charge in [-0.1, -0.05) is 35.9 Å². The van der Waals surface area contributed by atoms with Gasteiger partial charge in [0.1, 0.15) is 17.3 Å². The summed E-state index contributed by atoms with van der Waals surface area (Å²) >= 11 is 6.13. The predicted octanol–water partition coefficient (Wildman–Crippen LogP) is 4.58. The van der Waals surface area contributed by atoms with E-state index in [0.29, 0.717) is 23.3 Å². The number of rotatable bonds is 6. The Balaban J connectivity index is 1.68. The fraction of sp³-hybridized carbons (Fsp3) is 0.111. The maximum atomic E-state index is 6.13. The molecule has 0 aliphatic carbocycles. The van der Waals surface area contributed by atoms with Crippen LogP contribution in [0.1, 0.15) is 5.56 Å². The van der Waals surface area contributed by atoms with Crippen molar-refractivity contribution in [2.45, 2.75) is 6.54 Å². The van der Waals surface area contributed by atoms with Gasteiger partial charge in [0.25, 0.3) is 0 Å². The summed E-state index contributed by atoms with van der Waals surface area (Å²) < 4.78 is 5.84. The molecule has 0 amide bonds. The fourth-order valence-corrected chi connectivity index (χ4v) is 2.32. The van der Waals surface area contributed by atoms with Crippen LogP contribution in [-0.2, 0) is 6.54 Å². The zero-order chi connectivity index (χ0) is 16.8. The van der Waals surface area contributed by atoms with Crippen molar-refractivity contribution in [3.05, 3.63) is 71.4 Å². The van der Waals surface area contributed by atoms with Crippen LogP contribution in [0.15, 0.2) is 60.8 Å². The Morgan fingerprint density at radius 3 is 2.79 bits per heavy atom. The quantitative estimate of drug-likeness (QED) is 0.688. The summed E-state index contributed by atoms with van der Waals surface area (Å²) in [5, 5.41) is 6.76. The third kappa shape index (κ3) is 4.14. The van der Waals surface area contributed by atoms with Gasteiger partial charge in [-0.25, -0.2) is 4.98 Å². The number of benzene rings is 2. The molecular weight excluding hydrogens is 324 g/mol. The number of para-hydroxylation sites is 1. The van der Waals surface area contributed by atoms with E-state index < -0.39 is 0 Å². The second-order valence-corrected chi connectivity index (χ2v) is 5.46. The molecule has 0 radical (unpaired) electrons. The predicted molar refractivity (Wildman–Crippen MR) is 96.9 cm³/mol. The highest BCUT2D eigenvalue weighted by Crippen LogP contribution is 2.29. The van der Waals surface area contributed by atoms with E-state index in [0.717, 1.165) is 17.1 Å². The molecule has 24 heavy (non-hydrogen) atoms. The van der Waals surface area contributed by atoms with Crippen molar-refractivity contribution >= 4 is 23.4 Å². The van der Waals surface area contributed by atoms with Gasteiger partial charge in [-0.3, -0.25) is 0 Å². The molecular formula is C18H17ClN4O. The van der Waals surface area contributed by atoms with E-state index in [4.69, 9.17) is 16.3 Å². The van der Waals surface area contributed by atoms with Crippen molar-refractivity contribution in [1.29, 1.82) is 0 Å². The molecule has 3 aromatic rings. The number of hydrogen-bond donors (Lipinski definition) is 2. The van der Waals surface area contributed by atoms with Crippen molar-refractivity contribution in [2.75, 3.05) is 17.7 Å². The highest BCUT2D eigenvalue weighted by Gasteiger charge is 2.03. The second kappa shape index (κ2) is 7.66. The number of nitrogens with one attached hydrogen (secondary N) is 2. The Hall–Kier alpha value is -2.79. The number of anilines is 2. The summed E-state index contributed by atoms with van der Waals surface area (Å²) in [6, 6.07) is 17.1. The summed E-state index contributed by atoms with van der Waals surface area (Å²) in [6.07, 6.45) is 1.71. The van der Waals surface area contributed by atoms with Gasteiger partial charge in [-0.2, -0.15) is 4.98 Å². The minimum absolute atomic E-state index is 0.579. The smallest absolute Gasteiger partial charge is 0.224 e. The Bertz CT molecular complexity index is 825. The van der Waals surface area contributed by atoms with E-state index in [9.17, 15) is 0 Å². The lowest BCUT2D eigenvalue weighted by molar-refractivity contribution is 0.482. The van der Waals surface area contributed by atoms with Crippen molar-refractivity contribution in [3.8, 4) is 11.5 Å². The van der Waals surface area contributed by atoms with Gasteiger partial charge in [0.2, 0.25) is 5.95 Å². The molecule has 5 nitrogen and oxygen atoms in total. The number of hydrogen-bond acceptors (Lipinski definition) is 5. The minimum Gasteiger partial charge on any atom is -0.456 e. The van der Waals surface area contributed by atoms with Crippen molar-refractivity contribution in [3.63, 3.8) is 0 Å². The van der Waals surface area contributed by atoms with E-state index in [1.54, 1.807) is 19.3 Å². The first-order valence-electron chi connectivity index (χ1n) is 7.50. The van der Waals surface area contributed by atoms with Crippen LogP contribution in [-0.4, -0.2) is 17.0 Å². The molecule has 0 aliphatic rings. The van der Waals surface area contributed by atoms with Gasteiger partial charge < -0.3 is 15.4 Å². The summed E-state index contributed by atoms with van der Waals surface area (Å²) in [5.41, 5.74) is 1.07. The monoisotopic (exact) mass is 340 g/mol. The van der Waals surface area contributed by atoms with Crippen molar-refractivity contribution in [1.82, 2.24) is 9.97 Å². The van der Waals surface area contributed by atoms with Crippen molar-refractivity contribution in [2.24, 2.45) is 0 Å². The highest BCUT2D eigenvalue weighted by atomic mass is 35.5. The lowest BCUT2D eigenvalue weighted by Crippen LogP contribution is -2.04. The first kappa shape index (κ1) is 16.1. The van der Waals surface area contributed by atoms with Crippen LogP contribution in [0.4, 0.5) is 11.8 Å². The second-order valence-electron chi connectivity index (χ2n) is 5.05. The standard InChI is InChI=1S/C18H17ClN4O/c1-20-18-21-10-9-17(23-18)22-12-13-5-4-6-14(11-13)24-16-8-3-2-7-15(16)19/h2-11H,12H2,1H3,(H2,20,21,22,23). The summed E-state index contributed by atoms with van der Waals surface area (Å²) in [6.45, 7) is 0.625. The number of ether oxygens (including phenoxy) is 1. The zero-order valence-electron chi connectivity index (χ0n) is 13.2. The van der Waals surface area contributed by atoms with Gasteiger partial charge >= 0.3 is 0 Å². The van der Waals surface area contributed by atoms with Crippen molar-refractivity contribution < 1.29 is 4.74 Å². The first-order chi connectivity index (χ1) is 11.7. The molecule has 122 valence electrons. The molecule has 0 fully saturated rings. The number of aromatic nitrogens is 2. The van der Waals surface area contributed by atoms with Crippen LogP contribution in [0.25, 0.3) is 0 Å². The normalized spacial score (nSPS) is 10.2. The molecule has 0 aliphatic heterocycles. The average Bonchev–Trinajstić information content (AvgIpc) is 2.62. The number of halogens is 1. The third-order valence-corrected chi connectivity index (χ3v) is 3.63. The van der Waals surface area contributed by atoms with E-state index in [2.05, 4.69) is 20.6 Å². The van der Waals surface area contributed by atoms with E-state index in [-0.39, 0.29) is 0 Å². The maximum Gasteiger partial charge on any atom is 0.224 e.